The summed E-state index contributed by atoms with van der Waals surface area (Å²) in [7, 11) is 1.69. The molecule has 0 aromatic heterocycles. The largest absolute Gasteiger partial charge is 0.497 e. The molecule has 1 atom stereocenters. The van der Waals surface area contributed by atoms with Crippen LogP contribution in [0.5, 0.6) is 11.5 Å². The Morgan fingerprint density at radius 2 is 1.81 bits per heavy atom. The van der Waals surface area contributed by atoms with Crippen LogP contribution in [0.4, 0.5) is 0 Å². The first-order chi connectivity index (χ1) is 10.3. The van der Waals surface area contributed by atoms with Crippen LogP contribution >= 0.6 is 0 Å². The summed E-state index contributed by atoms with van der Waals surface area (Å²) in [5, 5.41) is 0. The molecule has 0 aliphatic heterocycles. The highest BCUT2D eigenvalue weighted by Crippen LogP contribution is 2.25. The summed E-state index contributed by atoms with van der Waals surface area (Å²) < 4.78 is 10.8. The molecular weight excluding hydrogens is 262 g/mol. The lowest BCUT2D eigenvalue weighted by molar-refractivity contribution is 0.339. The molecule has 2 rings (SSSR count). The van der Waals surface area contributed by atoms with E-state index in [1.54, 1.807) is 7.11 Å². The monoisotopic (exact) mass is 285 g/mol. The van der Waals surface area contributed by atoms with Gasteiger partial charge in [0.2, 0.25) is 0 Å². The van der Waals surface area contributed by atoms with Gasteiger partial charge in [0.05, 0.1) is 13.7 Å². The first-order valence-electron chi connectivity index (χ1n) is 7.32. The fourth-order valence-electron chi connectivity index (χ4n) is 2.45. The second kappa shape index (κ2) is 7.70. The topological polar surface area (TPSA) is 44.5 Å². The third kappa shape index (κ3) is 4.23. The van der Waals surface area contributed by atoms with Gasteiger partial charge in [-0.05, 0) is 55.3 Å². The Morgan fingerprint density at radius 1 is 1.05 bits per heavy atom. The molecular formula is C18H23NO2. The van der Waals surface area contributed by atoms with Gasteiger partial charge in [0, 0.05) is 5.92 Å². The van der Waals surface area contributed by atoms with Crippen LogP contribution in [0.1, 0.15) is 24.0 Å². The van der Waals surface area contributed by atoms with Gasteiger partial charge in [0.25, 0.3) is 0 Å². The molecule has 0 radical (unpaired) electrons. The van der Waals surface area contributed by atoms with Gasteiger partial charge in [-0.25, -0.2) is 0 Å². The smallest absolute Gasteiger partial charge is 0.119 e. The van der Waals surface area contributed by atoms with Gasteiger partial charge in [0.1, 0.15) is 11.5 Å². The minimum atomic E-state index is 0.275. The van der Waals surface area contributed by atoms with Crippen molar-refractivity contribution in [1.29, 1.82) is 0 Å². The number of methoxy groups -OCH3 is 1. The maximum Gasteiger partial charge on any atom is 0.119 e. The van der Waals surface area contributed by atoms with Gasteiger partial charge in [-0.2, -0.15) is 0 Å². The zero-order valence-corrected chi connectivity index (χ0v) is 12.7. The Bertz CT molecular complexity index is 569. The number of hydrogen-bond acceptors (Lipinski definition) is 3. The minimum Gasteiger partial charge on any atom is -0.497 e. The number of benzene rings is 2. The van der Waals surface area contributed by atoms with Gasteiger partial charge in [-0.3, -0.25) is 0 Å². The van der Waals surface area contributed by atoms with E-state index < -0.39 is 0 Å². The van der Waals surface area contributed by atoms with E-state index in [4.69, 9.17) is 15.2 Å². The van der Waals surface area contributed by atoms with E-state index >= 15 is 0 Å². The van der Waals surface area contributed by atoms with Gasteiger partial charge in [-0.15, -0.1) is 0 Å². The van der Waals surface area contributed by atoms with Crippen molar-refractivity contribution in [3.8, 4) is 11.5 Å². The van der Waals surface area contributed by atoms with Crippen molar-refractivity contribution < 1.29 is 9.47 Å². The zero-order chi connectivity index (χ0) is 15.1. The molecule has 0 aliphatic rings. The molecule has 1 unspecified atom stereocenters. The van der Waals surface area contributed by atoms with E-state index in [-0.39, 0.29) is 5.92 Å². The maximum absolute atomic E-state index is 5.98. The Labute approximate surface area is 126 Å². The summed E-state index contributed by atoms with van der Waals surface area (Å²) in [6, 6.07) is 16.3. The van der Waals surface area contributed by atoms with E-state index in [0.29, 0.717) is 13.2 Å². The number of rotatable bonds is 7. The van der Waals surface area contributed by atoms with E-state index in [2.05, 4.69) is 24.3 Å². The average molecular weight is 285 g/mol. The normalized spacial score (nSPS) is 12.0. The van der Waals surface area contributed by atoms with Crippen LogP contribution in [0.25, 0.3) is 0 Å². The molecule has 0 aliphatic carbocycles. The number of hydrogen-bond donors (Lipinski definition) is 1. The van der Waals surface area contributed by atoms with Crippen LogP contribution in [0.15, 0.2) is 48.5 Å². The molecule has 21 heavy (non-hydrogen) atoms. The number of nitrogens with two attached hydrogens (primary N) is 1. The van der Waals surface area contributed by atoms with Crippen molar-refractivity contribution in [2.24, 2.45) is 5.73 Å². The lowest BCUT2D eigenvalue weighted by Crippen LogP contribution is -2.15. The molecule has 0 spiro atoms. The van der Waals surface area contributed by atoms with Crippen molar-refractivity contribution in [3.63, 3.8) is 0 Å². The summed E-state index contributed by atoms with van der Waals surface area (Å²) in [5.41, 5.74) is 8.42. The SMILES string of the molecule is CCOc1cccc(C(CN)Cc2cccc(OC)c2)c1. The predicted octanol–water partition coefficient (Wildman–Crippen LogP) is 3.38. The summed E-state index contributed by atoms with van der Waals surface area (Å²) >= 11 is 0. The summed E-state index contributed by atoms with van der Waals surface area (Å²) in [4.78, 5) is 0. The maximum atomic E-state index is 5.98. The molecule has 3 heteroatoms. The third-order valence-electron chi connectivity index (χ3n) is 3.54. The molecule has 0 saturated heterocycles. The molecule has 0 fully saturated rings. The van der Waals surface area contributed by atoms with Gasteiger partial charge < -0.3 is 15.2 Å². The van der Waals surface area contributed by atoms with Crippen LogP contribution in [0, 0.1) is 0 Å². The number of ether oxygens (including phenoxy) is 2. The average Bonchev–Trinajstić information content (AvgIpc) is 2.53. The second-order valence-electron chi connectivity index (χ2n) is 4.99. The highest BCUT2D eigenvalue weighted by Gasteiger charge is 2.12. The van der Waals surface area contributed by atoms with Crippen molar-refractivity contribution in [2.45, 2.75) is 19.3 Å². The summed E-state index contributed by atoms with van der Waals surface area (Å²) in [6.45, 7) is 3.27. The van der Waals surface area contributed by atoms with Gasteiger partial charge in [0.15, 0.2) is 0 Å². The molecule has 2 aromatic carbocycles. The first kappa shape index (κ1) is 15.4. The second-order valence-corrected chi connectivity index (χ2v) is 4.99. The molecule has 3 nitrogen and oxygen atoms in total. The third-order valence-corrected chi connectivity index (χ3v) is 3.54. The lowest BCUT2D eigenvalue weighted by Gasteiger charge is -2.17. The Balaban J connectivity index is 2.17. The Morgan fingerprint density at radius 3 is 2.52 bits per heavy atom. The van der Waals surface area contributed by atoms with Crippen molar-refractivity contribution in [1.82, 2.24) is 0 Å². The predicted molar refractivity (Wildman–Crippen MR) is 86.1 cm³/mol. The molecule has 0 heterocycles. The standard InChI is InChI=1S/C18H23NO2/c1-3-21-18-9-5-7-15(12-18)16(13-19)10-14-6-4-8-17(11-14)20-2/h4-9,11-12,16H,3,10,13,19H2,1-2H3. The van der Waals surface area contributed by atoms with Gasteiger partial charge in [-0.1, -0.05) is 24.3 Å². The quantitative estimate of drug-likeness (QED) is 0.848. The molecule has 112 valence electrons. The molecule has 0 bridgehead atoms. The van der Waals surface area contributed by atoms with Crippen LogP contribution in [-0.2, 0) is 6.42 Å². The summed E-state index contributed by atoms with van der Waals surface area (Å²) in [5.74, 6) is 2.06. The highest BCUT2D eigenvalue weighted by molar-refractivity contribution is 5.34. The minimum absolute atomic E-state index is 0.275. The van der Waals surface area contributed by atoms with E-state index in [1.807, 2.05) is 31.2 Å². The van der Waals surface area contributed by atoms with Crippen LogP contribution in [0.2, 0.25) is 0 Å². The highest BCUT2D eigenvalue weighted by atomic mass is 16.5. The lowest BCUT2D eigenvalue weighted by atomic mass is 9.92. The fourth-order valence-corrected chi connectivity index (χ4v) is 2.45. The van der Waals surface area contributed by atoms with E-state index in [0.717, 1.165) is 17.9 Å². The van der Waals surface area contributed by atoms with E-state index in [9.17, 15) is 0 Å². The molecule has 0 amide bonds. The zero-order valence-electron chi connectivity index (χ0n) is 12.7. The molecule has 2 N–H and O–H groups in total. The van der Waals surface area contributed by atoms with Gasteiger partial charge >= 0.3 is 0 Å². The Hall–Kier alpha value is -2.00. The first-order valence-corrected chi connectivity index (χ1v) is 7.32. The molecule has 0 saturated carbocycles. The summed E-state index contributed by atoms with van der Waals surface area (Å²) in [6.07, 6.45) is 0.892. The van der Waals surface area contributed by atoms with Crippen LogP contribution in [0.3, 0.4) is 0 Å². The Kier molecular flexibility index (Phi) is 5.64. The van der Waals surface area contributed by atoms with Crippen molar-refractivity contribution >= 4 is 0 Å². The molecule has 2 aromatic rings. The van der Waals surface area contributed by atoms with Crippen LogP contribution < -0.4 is 15.2 Å². The van der Waals surface area contributed by atoms with E-state index in [1.165, 1.54) is 11.1 Å². The van der Waals surface area contributed by atoms with Crippen LogP contribution in [-0.4, -0.2) is 20.3 Å². The fraction of sp³-hybridized carbons (Fsp3) is 0.333. The van der Waals surface area contributed by atoms with Crippen molar-refractivity contribution in [3.05, 3.63) is 59.7 Å². The van der Waals surface area contributed by atoms with Crippen molar-refractivity contribution in [2.75, 3.05) is 20.3 Å².